The number of rotatable bonds is 4. The summed E-state index contributed by atoms with van der Waals surface area (Å²) in [5, 5.41) is 3.26. The van der Waals surface area contributed by atoms with E-state index >= 15 is 0 Å². The van der Waals surface area contributed by atoms with Crippen molar-refractivity contribution in [1.82, 2.24) is 5.32 Å². The fraction of sp³-hybridized carbons (Fsp3) is 0.381. The largest absolute Gasteiger partial charge is 0.375 e. The van der Waals surface area contributed by atoms with E-state index < -0.39 is 0 Å². The van der Waals surface area contributed by atoms with Crippen LogP contribution in [0.5, 0.6) is 0 Å². The molecule has 1 N–H and O–H groups in total. The molecule has 0 aliphatic carbocycles. The maximum Gasteiger partial charge on any atom is 0.232 e. The first-order valence-corrected chi connectivity index (χ1v) is 8.69. The molecule has 1 saturated heterocycles. The molecule has 0 bridgehead atoms. The molecule has 2 unspecified atom stereocenters. The fourth-order valence-electron chi connectivity index (χ4n) is 3.59. The lowest BCUT2D eigenvalue weighted by molar-refractivity contribution is -0.124. The van der Waals surface area contributed by atoms with Crippen LogP contribution in [0.15, 0.2) is 60.7 Å². The van der Waals surface area contributed by atoms with Gasteiger partial charge in [-0.05, 0) is 37.8 Å². The summed E-state index contributed by atoms with van der Waals surface area (Å²) >= 11 is 0. The van der Waals surface area contributed by atoms with E-state index in [1.807, 2.05) is 60.7 Å². The number of carbonyl (C=O) groups is 1. The third kappa shape index (κ3) is 4.04. The van der Waals surface area contributed by atoms with Crippen molar-refractivity contribution in [3.05, 3.63) is 71.8 Å². The van der Waals surface area contributed by atoms with Crippen LogP contribution in [0.2, 0.25) is 0 Å². The molecule has 3 heteroatoms. The molecule has 2 aromatic carbocycles. The van der Waals surface area contributed by atoms with E-state index in [1.165, 1.54) is 0 Å². The minimum atomic E-state index is -0.277. The lowest BCUT2D eigenvalue weighted by atomic mass is 9.89. The highest BCUT2D eigenvalue weighted by atomic mass is 16.5. The molecule has 24 heavy (non-hydrogen) atoms. The van der Waals surface area contributed by atoms with Gasteiger partial charge in [-0.15, -0.1) is 0 Å². The number of hydrogen-bond acceptors (Lipinski definition) is 2. The monoisotopic (exact) mass is 323 g/mol. The number of amides is 1. The zero-order valence-electron chi connectivity index (χ0n) is 14.3. The van der Waals surface area contributed by atoms with Crippen LogP contribution in [0.3, 0.4) is 0 Å². The quantitative estimate of drug-likeness (QED) is 0.927. The summed E-state index contributed by atoms with van der Waals surface area (Å²) in [5.74, 6) is -0.209. The van der Waals surface area contributed by atoms with Gasteiger partial charge in [-0.3, -0.25) is 4.79 Å². The molecule has 1 aliphatic rings. The Kier molecular flexibility index (Phi) is 5.31. The SMILES string of the molecule is CC1CC(NC(=O)C(c2ccccc2)c2ccccc2)CC(C)O1. The molecular formula is C21H25NO2. The summed E-state index contributed by atoms with van der Waals surface area (Å²) < 4.78 is 5.78. The highest BCUT2D eigenvalue weighted by molar-refractivity contribution is 5.87. The van der Waals surface area contributed by atoms with E-state index in [0.717, 1.165) is 24.0 Å². The first-order chi connectivity index (χ1) is 11.6. The first kappa shape index (κ1) is 16.7. The van der Waals surface area contributed by atoms with Gasteiger partial charge in [-0.1, -0.05) is 60.7 Å². The zero-order valence-corrected chi connectivity index (χ0v) is 14.3. The van der Waals surface area contributed by atoms with Gasteiger partial charge in [-0.25, -0.2) is 0 Å². The van der Waals surface area contributed by atoms with Gasteiger partial charge in [0, 0.05) is 6.04 Å². The Bertz CT molecular complexity index is 607. The van der Waals surface area contributed by atoms with Crippen molar-refractivity contribution in [2.24, 2.45) is 0 Å². The van der Waals surface area contributed by atoms with E-state index in [0.29, 0.717) is 0 Å². The standard InChI is InChI=1S/C21H25NO2/c1-15-13-19(14-16(2)24-15)22-21(23)20(17-9-5-3-6-10-17)18-11-7-4-8-12-18/h3-12,15-16,19-20H,13-14H2,1-2H3,(H,22,23). The van der Waals surface area contributed by atoms with Crippen LogP contribution >= 0.6 is 0 Å². The number of ether oxygens (including phenoxy) is 1. The lowest BCUT2D eigenvalue weighted by Gasteiger charge is -2.33. The highest BCUT2D eigenvalue weighted by Crippen LogP contribution is 2.26. The molecule has 2 atom stereocenters. The maximum absolute atomic E-state index is 13.1. The smallest absolute Gasteiger partial charge is 0.232 e. The fourth-order valence-corrected chi connectivity index (χ4v) is 3.59. The van der Waals surface area contributed by atoms with Gasteiger partial charge in [0.05, 0.1) is 18.1 Å². The van der Waals surface area contributed by atoms with E-state index in [4.69, 9.17) is 4.74 Å². The normalized spacial score (nSPS) is 23.9. The average Bonchev–Trinajstić information content (AvgIpc) is 2.56. The molecule has 0 saturated carbocycles. The van der Waals surface area contributed by atoms with Gasteiger partial charge in [-0.2, -0.15) is 0 Å². The van der Waals surface area contributed by atoms with Crippen LogP contribution in [0, 0.1) is 0 Å². The summed E-state index contributed by atoms with van der Waals surface area (Å²) in [6.07, 6.45) is 2.11. The molecule has 0 radical (unpaired) electrons. The van der Waals surface area contributed by atoms with Crippen LogP contribution in [0.1, 0.15) is 43.7 Å². The first-order valence-electron chi connectivity index (χ1n) is 8.69. The Morgan fingerprint density at radius 2 is 1.38 bits per heavy atom. The Morgan fingerprint density at radius 1 is 0.917 bits per heavy atom. The number of carbonyl (C=O) groups excluding carboxylic acids is 1. The topological polar surface area (TPSA) is 38.3 Å². The van der Waals surface area contributed by atoms with E-state index in [1.54, 1.807) is 0 Å². The third-order valence-corrected chi connectivity index (χ3v) is 4.57. The van der Waals surface area contributed by atoms with Gasteiger partial charge in [0.1, 0.15) is 0 Å². The number of benzene rings is 2. The molecule has 1 fully saturated rings. The molecule has 3 nitrogen and oxygen atoms in total. The second kappa shape index (κ2) is 7.63. The van der Waals surface area contributed by atoms with Gasteiger partial charge in [0.15, 0.2) is 0 Å². The van der Waals surface area contributed by atoms with Crippen molar-refractivity contribution >= 4 is 5.91 Å². The Balaban J connectivity index is 1.82. The van der Waals surface area contributed by atoms with Crippen molar-refractivity contribution in [1.29, 1.82) is 0 Å². The Labute approximate surface area is 144 Å². The van der Waals surface area contributed by atoms with Crippen LogP contribution in [-0.2, 0) is 9.53 Å². The van der Waals surface area contributed by atoms with E-state index in [9.17, 15) is 4.79 Å². The summed E-state index contributed by atoms with van der Waals surface area (Å²) in [7, 11) is 0. The predicted molar refractivity (Wildman–Crippen MR) is 95.9 cm³/mol. The van der Waals surface area contributed by atoms with Crippen molar-refractivity contribution in [2.75, 3.05) is 0 Å². The second-order valence-electron chi connectivity index (χ2n) is 6.69. The Morgan fingerprint density at radius 3 is 1.83 bits per heavy atom. The van der Waals surface area contributed by atoms with Crippen molar-refractivity contribution in [2.45, 2.75) is 50.9 Å². The molecule has 126 valence electrons. The summed E-state index contributed by atoms with van der Waals surface area (Å²) in [6.45, 7) is 4.14. The van der Waals surface area contributed by atoms with Gasteiger partial charge >= 0.3 is 0 Å². The predicted octanol–water partition coefficient (Wildman–Crippen LogP) is 3.89. The summed E-state index contributed by atoms with van der Waals surface area (Å²) in [4.78, 5) is 13.1. The molecule has 2 aromatic rings. The maximum atomic E-state index is 13.1. The molecule has 3 rings (SSSR count). The molecule has 1 heterocycles. The average molecular weight is 323 g/mol. The lowest BCUT2D eigenvalue weighted by Crippen LogP contribution is -2.45. The van der Waals surface area contributed by atoms with Crippen LogP contribution in [-0.4, -0.2) is 24.2 Å². The van der Waals surface area contributed by atoms with Crippen molar-refractivity contribution in [3.8, 4) is 0 Å². The Hall–Kier alpha value is -2.13. The minimum absolute atomic E-state index is 0.0682. The number of hydrogen-bond donors (Lipinski definition) is 1. The van der Waals surface area contributed by atoms with Crippen LogP contribution in [0.25, 0.3) is 0 Å². The van der Waals surface area contributed by atoms with Gasteiger partial charge in [0.25, 0.3) is 0 Å². The number of nitrogens with one attached hydrogen (secondary N) is 1. The minimum Gasteiger partial charge on any atom is -0.375 e. The van der Waals surface area contributed by atoms with E-state index in [2.05, 4.69) is 19.2 Å². The van der Waals surface area contributed by atoms with Crippen LogP contribution < -0.4 is 5.32 Å². The van der Waals surface area contributed by atoms with Crippen molar-refractivity contribution in [3.63, 3.8) is 0 Å². The molecule has 1 aliphatic heterocycles. The van der Waals surface area contributed by atoms with Gasteiger partial charge < -0.3 is 10.1 Å². The molecular weight excluding hydrogens is 298 g/mol. The zero-order chi connectivity index (χ0) is 16.9. The van der Waals surface area contributed by atoms with Gasteiger partial charge in [0.2, 0.25) is 5.91 Å². The molecule has 0 aromatic heterocycles. The second-order valence-corrected chi connectivity index (χ2v) is 6.69. The molecule has 1 amide bonds. The summed E-state index contributed by atoms with van der Waals surface area (Å²) in [5.41, 5.74) is 2.05. The molecule has 0 spiro atoms. The van der Waals surface area contributed by atoms with Crippen molar-refractivity contribution < 1.29 is 9.53 Å². The van der Waals surface area contributed by atoms with E-state index in [-0.39, 0.29) is 30.1 Å². The third-order valence-electron chi connectivity index (χ3n) is 4.57. The summed E-state index contributed by atoms with van der Waals surface area (Å²) in [6, 6.07) is 20.1. The highest BCUT2D eigenvalue weighted by Gasteiger charge is 2.29. The van der Waals surface area contributed by atoms with Crippen LogP contribution in [0.4, 0.5) is 0 Å².